The lowest BCUT2D eigenvalue weighted by Crippen LogP contribution is -2.46. The molecule has 3 rings (SSSR count). The molecule has 27 heavy (non-hydrogen) atoms. The first-order valence-electron chi connectivity index (χ1n) is 10.9. The second-order valence-electron chi connectivity index (χ2n) is 8.01. The molecule has 3 fully saturated rings. The maximum atomic E-state index is 5.51. The lowest BCUT2D eigenvalue weighted by atomic mass is 9.97. The molecule has 3 aliphatic heterocycles. The zero-order valence-corrected chi connectivity index (χ0v) is 17.4. The largest absolute Gasteiger partial charge is 0.383 e. The average Bonchev–Trinajstić information content (AvgIpc) is 3.21. The van der Waals surface area contributed by atoms with E-state index in [4.69, 9.17) is 14.5 Å². The molecule has 0 aromatic carbocycles. The topological polar surface area (TPSA) is 52.6 Å². The molecule has 1 unspecified atom stereocenters. The van der Waals surface area contributed by atoms with Gasteiger partial charge in [-0.1, -0.05) is 0 Å². The van der Waals surface area contributed by atoms with Crippen molar-refractivity contribution in [3.8, 4) is 0 Å². The van der Waals surface area contributed by atoms with Crippen LogP contribution >= 0.6 is 0 Å². The Hall–Kier alpha value is -0.890. The van der Waals surface area contributed by atoms with Gasteiger partial charge in [-0.15, -0.1) is 0 Å². The summed E-state index contributed by atoms with van der Waals surface area (Å²) in [5, 5.41) is 3.53. The van der Waals surface area contributed by atoms with Gasteiger partial charge in [0, 0.05) is 59.0 Å². The number of aliphatic imine (C=N–C) groups is 1. The molecule has 156 valence electrons. The predicted octanol–water partition coefficient (Wildman–Crippen LogP) is 0.717. The van der Waals surface area contributed by atoms with Crippen molar-refractivity contribution >= 4 is 5.96 Å². The molecule has 0 amide bonds. The van der Waals surface area contributed by atoms with E-state index < -0.39 is 0 Å². The highest BCUT2D eigenvalue weighted by atomic mass is 16.5. The van der Waals surface area contributed by atoms with Crippen molar-refractivity contribution in [1.82, 2.24) is 20.0 Å². The summed E-state index contributed by atoms with van der Waals surface area (Å²) in [4.78, 5) is 12.6. The molecular formula is C20H39N5O2. The van der Waals surface area contributed by atoms with Crippen LogP contribution in [-0.4, -0.2) is 113 Å². The first kappa shape index (κ1) is 20.8. The van der Waals surface area contributed by atoms with Gasteiger partial charge in [-0.25, -0.2) is 0 Å². The molecule has 3 saturated heterocycles. The van der Waals surface area contributed by atoms with Gasteiger partial charge in [0.25, 0.3) is 0 Å². The first-order valence-corrected chi connectivity index (χ1v) is 10.9. The van der Waals surface area contributed by atoms with Crippen molar-refractivity contribution in [1.29, 1.82) is 0 Å². The monoisotopic (exact) mass is 381 g/mol. The summed E-state index contributed by atoms with van der Waals surface area (Å²) >= 11 is 0. The van der Waals surface area contributed by atoms with E-state index in [2.05, 4.69) is 26.9 Å². The summed E-state index contributed by atoms with van der Waals surface area (Å²) in [5.74, 6) is 1.84. The molecule has 7 heteroatoms. The van der Waals surface area contributed by atoms with E-state index in [9.17, 15) is 0 Å². The van der Waals surface area contributed by atoms with Gasteiger partial charge in [0.1, 0.15) is 0 Å². The number of guanidine groups is 1. The van der Waals surface area contributed by atoms with Crippen molar-refractivity contribution < 1.29 is 9.47 Å². The maximum Gasteiger partial charge on any atom is 0.193 e. The molecule has 0 aromatic heterocycles. The number of hydrogen-bond donors (Lipinski definition) is 1. The summed E-state index contributed by atoms with van der Waals surface area (Å²) in [5.41, 5.74) is 0. The molecule has 0 bridgehead atoms. The minimum Gasteiger partial charge on any atom is -0.383 e. The average molecular weight is 382 g/mol. The number of rotatable bonds is 7. The van der Waals surface area contributed by atoms with Crippen molar-refractivity contribution in [3.05, 3.63) is 0 Å². The Balaban J connectivity index is 1.45. The fourth-order valence-electron chi connectivity index (χ4n) is 4.43. The normalized spacial score (nSPS) is 26.7. The highest BCUT2D eigenvalue weighted by Crippen LogP contribution is 2.19. The summed E-state index contributed by atoms with van der Waals surface area (Å²) in [6, 6.07) is 0.654. The van der Waals surface area contributed by atoms with Gasteiger partial charge in [0.05, 0.1) is 19.8 Å². The van der Waals surface area contributed by atoms with Crippen LogP contribution in [0.5, 0.6) is 0 Å². The van der Waals surface area contributed by atoms with Gasteiger partial charge < -0.3 is 24.6 Å². The third-order valence-corrected chi connectivity index (χ3v) is 6.18. The van der Waals surface area contributed by atoms with E-state index in [0.717, 1.165) is 77.5 Å². The van der Waals surface area contributed by atoms with Crippen LogP contribution in [0.25, 0.3) is 0 Å². The molecule has 0 aliphatic carbocycles. The van der Waals surface area contributed by atoms with Crippen LogP contribution in [0.4, 0.5) is 0 Å². The number of piperidine rings is 1. The second-order valence-corrected chi connectivity index (χ2v) is 8.01. The molecule has 3 aliphatic rings. The quantitative estimate of drug-likeness (QED) is 0.518. The smallest absolute Gasteiger partial charge is 0.193 e. The molecule has 3 heterocycles. The van der Waals surface area contributed by atoms with Crippen LogP contribution in [0.15, 0.2) is 4.99 Å². The summed E-state index contributed by atoms with van der Waals surface area (Å²) in [6.07, 6.45) is 3.74. The minimum atomic E-state index is 0.654. The van der Waals surface area contributed by atoms with E-state index in [1.54, 1.807) is 7.11 Å². The Kier molecular flexibility index (Phi) is 8.64. The maximum absolute atomic E-state index is 5.51. The Morgan fingerprint density at radius 2 is 1.89 bits per heavy atom. The van der Waals surface area contributed by atoms with Crippen molar-refractivity contribution in [2.45, 2.75) is 32.2 Å². The molecule has 1 N–H and O–H groups in total. The molecule has 0 radical (unpaired) electrons. The third-order valence-electron chi connectivity index (χ3n) is 6.18. The molecule has 0 spiro atoms. The SMILES string of the molecule is CCNC(=NCC1CCN(CCOC)CC1)N1CCC(N2CCOCC2)C1. The van der Waals surface area contributed by atoms with E-state index in [1.165, 1.54) is 32.4 Å². The van der Waals surface area contributed by atoms with Gasteiger partial charge in [0.15, 0.2) is 5.96 Å². The number of methoxy groups -OCH3 is 1. The van der Waals surface area contributed by atoms with E-state index in [0.29, 0.717) is 6.04 Å². The summed E-state index contributed by atoms with van der Waals surface area (Å²) in [6.45, 7) is 14.5. The number of morpholine rings is 1. The van der Waals surface area contributed by atoms with Crippen LogP contribution in [0.2, 0.25) is 0 Å². The van der Waals surface area contributed by atoms with Gasteiger partial charge in [-0.3, -0.25) is 9.89 Å². The number of ether oxygens (including phenoxy) is 2. The molecule has 0 saturated carbocycles. The molecule has 0 aromatic rings. The zero-order valence-electron chi connectivity index (χ0n) is 17.4. The fraction of sp³-hybridized carbons (Fsp3) is 0.950. The number of hydrogen-bond acceptors (Lipinski definition) is 5. The van der Waals surface area contributed by atoms with Crippen LogP contribution in [-0.2, 0) is 9.47 Å². The Bertz CT molecular complexity index is 448. The van der Waals surface area contributed by atoms with Crippen molar-refractivity contribution in [2.24, 2.45) is 10.9 Å². The van der Waals surface area contributed by atoms with E-state index in [-0.39, 0.29) is 0 Å². The van der Waals surface area contributed by atoms with Crippen LogP contribution in [0, 0.1) is 5.92 Å². The van der Waals surface area contributed by atoms with Crippen LogP contribution in [0.3, 0.4) is 0 Å². The summed E-state index contributed by atoms with van der Waals surface area (Å²) in [7, 11) is 1.78. The van der Waals surface area contributed by atoms with Crippen molar-refractivity contribution in [2.75, 3.05) is 85.8 Å². The Morgan fingerprint density at radius 1 is 1.11 bits per heavy atom. The first-order chi connectivity index (χ1) is 13.3. The lowest BCUT2D eigenvalue weighted by Gasteiger charge is -2.32. The fourth-order valence-corrected chi connectivity index (χ4v) is 4.43. The van der Waals surface area contributed by atoms with Crippen LogP contribution in [0.1, 0.15) is 26.2 Å². The van der Waals surface area contributed by atoms with Crippen LogP contribution < -0.4 is 5.32 Å². The van der Waals surface area contributed by atoms with Gasteiger partial charge in [0.2, 0.25) is 0 Å². The molecular weight excluding hydrogens is 342 g/mol. The van der Waals surface area contributed by atoms with E-state index in [1.807, 2.05) is 0 Å². The second kappa shape index (κ2) is 11.2. The van der Waals surface area contributed by atoms with Gasteiger partial charge in [-0.2, -0.15) is 0 Å². The zero-order chi connectivity index (χ0) is 18.9. The number of likely N-dealkylation sites (tertiary alicyclic amines) is 2. The highest BCUT2D eigenvalue weighted by Gasteiger charge is 2.30. The minimum absolute atomic E-state index is 0.654. The third kappa shape index (κ3) is 6.31. The Morgan fingerprint density at radius 3 is 2.59 bits per heavy atom. The number of nitrogens with one attached hydrogen (secondary N) is 1. The molecule has 1 atom stereocenters. The van der Waals surface area contributed by atoms with Crippen molar-refractivity contribution in [3.63, 3.8) is 0 Å². The number of nitrogens with zero attached hydrogens (tertiary/aromatic N) is 4. The predicted molar refractivity (Wildman–Crippen MR) is 109 cm³/mol. The summed E-state index contributed by atoms with van der Waals surface area (Å²) < 4.78 is 10.7. The lowest BCUT2D eigenvalue weighted by molar-refractivity contribution is 0.0195. The standard InChI is InChI=1S/C20H39N5O2/c1-3-21-20(22-16-18-4-7-23(8-5-18)10-13-26-2)25-9-6-19(17-25)24-11-14-27-15-12-24/h18-19H,3-17H2,1-2H3,(H,21,22). The van der Waals surface area contributed by atoms with Gasteiger partial charge in [-0.05, 0) is 45.2 Å². The highest BCUT2D eigenvalue weighted by molar-refractivity contribution is 5.80. The van der Waals surface area contributed by atoms with Gasteiger partial charge >= 0.3 is 0 Å². The molecule has 7 nitrogen and oxygen atoms in total. The Labute approximate surface area is 165 Å². The van der Waals surface area contributed by atoms with E-state index >= 15 is 0 Å².